The molecule has 2 aromatic carbocycles. The molecule has 0 bridgehead atoms. The van der Waals surface area contributed by atoms with Crippen LogP contribution >= 0.6 is 11.6 Å². The molecule has 0 saturated carbocycles. The number of halogens is 2. The third-order valence-corrected chi connectivity index (χ3v) is 4.03. The summed E-state index contributed by atoms with van der Waals surface area (Å²) in [5, 5.41) is 11.6. The van der Waals surface area contributed by atoms with E-state index in [1.54, 1.807) is 12.1 Å². The maximum absolute atomic E-state index is 13.3. The molecule has 0 unspecified atom stereocenters. The average molecular weight is 302 g/mol. The van der Waals surface area contributed by atoms with Crippen LogP contribution in [0.25, 0.3) is 22.2 Å². The van der Waals surface area contributed by atoms with Gasteiger partial charge in [0.25, 0.3) is 0 Å². The fourth-order valence-electron chi connectivity index (χ4n) is 2.47. The molecule has 0 spiro atoms. The van der Waals surface area contributed by atoms with E-state index in [2.05, 4.69) is 4.98 Å². The Labute approximate surface area is 127 Å². The predicted molar refractivity (Wildman–Crippen MR) is 87.5 cm³/mol. The van der Waals surface area contributed by atoms with E-state index in [4.69, 9.17) is 11.6 Å². The van der Waals surface area contributed by atoms with E-state index in [0.717, 1.165) is 16.5 Å². The van der Waals surface area contributed by atoms with Gasteiger partial charge in [0.2, 0.25) is 0 Å². The van der Waals surface area contributed by atoms with Gasteiger partial charge in [-0.1, -0.05) is 29.3 Å². The number of phenols is 1. The van der Waals surface area contributed by atoms with Crippen LogP contribution in [0.5, 0.6) is 5.75 Å². The molecule has 21 heavy (non-hydrogen) atoms. The van der Waals surface area contributed by atoms with Crippen molar-refractivity contribution in [2.45, 2.75) is 13.7 Å². The molecule has 5 heteroatoms. The van der Waals surface area contributed by atoms with Crippen molar-refractivity contribution in [3.05, 3.63) is 47.0 Å². The first-order valence-electron chi connectivity index (χ1n) is 6.72. The van der Waals surface area contributed by atoms with Crippen LogP contribution < -0.4 is 5.46 Å². The van der Waals surface area contributed by atoms with Gasteiger partial charge < -0.3 is 14.4 Å². The van der Waals surface area contributed by atoms with Crippen LogP contribution in [0.3, 0.4) is 0 Å². The summed E-state index contributed by atoms with van der Waals surface area (Å²) >= 11 is 6.42. The van der Waals surface area contributed by atoms with Crippen LogP contribution in [-0.2, 0) is 0 Å². The summed E-state index contributed by atoms with van der Waals surface area (Å²) in [7, 11) is 0. The number of fused-ring (bicyclic) bond motifs is 1. The van der Waals surface area contributed by atoms with Crippen LogP contribution in [0.1, 0.15) is 5.56 Å². The van der Waals surface area contributed by atoms with Crippen LogP contribution in [0.2, 0.25) is 11.8 Å². The summed E-state index contributed by atoms with van der Waals surface area (Å²) in [5.41, 5.74) is 3.68. The minimum absolute atomic E-state index is 0.0159. The SMILES string of the molecule is CB(F)c1ccc(-c2[nH]c3ccc(C)cc3c2Cl)c(O)c1. The van der Waals surface area contributed by atoms with Gasteiger partial charge in [0.15, 0.2) is 0 Å². The number of aromatic nitrogens is 1. The lowest BCUT2D eigenvalue weighted by Crippen LogP contribution is -2.20. The molecule has 3 rings (SSSR count). The molecule has 1 heterocycles. The van der Waals surface area contributed by atoms with Crippen LogP contribution in [0.15, 0.2) is 36.4 Å². The number of benzene rings is 2. The van der Waals surface area contributed by atoms with Crippen molar-refractivity contribution < 1.29 is 9.42 Å². The summed E-state index contributed by atoms with van der Waals surface area (Å²) in [6, 6.07) is 10.7. The lowest BCUT2D eigenvalue weighted by Gasteiger charge is -2.06. The normalized spacial score (nSPS) is 11.0. The molecule has 0 fully saturated rings. The number of rotatable bonds is 2. The molecule has 0 radical (unpaired) electrons. The van der Waals surface area contributed by atoms with Crippen LogP contribution in [0, 0.1) is 6.92 Å². The van der Waals surface area contributed by atoms with E-state index in [9.17, 15) is 9.42 Å². The van der Waals surface area contributed by atoms with Gasteiger partial charge in [-0.2, -0.15) is 0 Å². The molecule has 0 aliphatic rings. The third-order valence-electron chi connectivity index (χ3n) is 3.64. The van der Waals surface area contributed by atoms with Gasteiger partial charge in [0, 0.05) is 16.5 Å². The molecule has 0 atom stereocenters. The second-order valence-corrected chi connectivity index (χ2v) is 5.63. The smallest absolute Gasteiger partial charge is 0.377 e. The maximum atomic E-state index is 13.3. The number of nitrogens with one attached hydrogen (secondary N) is 1. The van der Waals surface area contributed by atoms with Crippen molar-refractivity contribution >= 4 is 35.0 Å². The van der Waals surface area contributed by atoms with E-state index in [1.807, 2.05) is 25.1 Å². The molecule has 0 aliphatic carbocycles. The standard InChI is InChI=1S/C16H14BClFNO/c1-9-3-6-13-12(7-9)15(18)16(20-13)11-5-4-10(17(2)19)8-14(11)21/h3-8,20-21H,1-2H3. The van der Waals surface area contributed by atoms with Gasteiger partial charge in [0.1, 0.15) is 5.75 Å². The van der Waals surface area contributed by atoms with E-state index in [1.165, 1.54) is 12.9 Å². The first-order valence-corrected chi connectivity index (χ1v) is 7.10. The van der Waals surface area contributed by atoms with Crippen molar-refractivity contribution in [2.75, 3.05) is 0 Å². The van der Waals surface area contributed by atoms with Crippen molar-refractivity contribution in [3.63, 3.8) is 0 Å². The number of aromatic amines is 1. The highest BCUT2D eigenvalue weighted by molar-refractivity contribution is 6.65. The highest BCUT2D eigenvalue weighted by Crippen LogP contribution is 2.38. The predicted octanol–water partition coefficient (Wildman–Crippen LogP) is 4.30. The summed E-state index contributed by atoms with van der Waals surface area (Å²) in [5.74, 6) is 0.0159. The molecule has 2 nitrogen and oxygen atoms in total. The van der Waals surface area contributed by atoms with E-state index in [-0.39, 0.29) is 5.75 Å². The Hall–Kier alpha value is -1.94. The van der Waals surface area contributed by atoms with Gasteiger partial charge in [-0.25, -0.2) is 0 Å². The Morgan fingerprint density at radius 2 is 1.95 bits per heavy atom. The lowest BCUT2D eigenvalue weighted by atomic mass is 9.67. The highest BCUT2D eigenvalue weighted by atomic mass is 35.5. The number of aromatic hydroxyl groups is 1. The van der Waals surface area contributed by atoms with Crippen molar-refractivity contribution in [1.82, 2.24) is 4.98 Å². The van der Waals surface area contributed by atoms with Crippen LogP contribution in [-0.4, -0.2) is 17.1 Å². The molecule has 0 saturated heterocycles. The van der Waals surface area contributed by atoms with E-state index < -0.39 is 6.99 Å². The average Bonchev–Trinajstić information content (AvgIpc) is 2.76. The summed E-state index contributed by atoms with van der Waals surface area (Å²) < 4.78 is 13.3. The van der Waals surface area contributed by atoms with Gasteiger partial charge in [-0.05, 0) is 43.5 Å². The Balaban J connectivity index is 2.18. The maximum Gasteiger partial charge on any atom is 0.377 e. The monoisotopic (exact) mass is 301 g/mol. The van der Waals surface area contributed by atoms with Gasteiger partial charge in [-0.3, -0.25) is 0 Å². The number of hydrogen-bond donors (Lipinski definition) is 2. The molecular formula is C16H14BClFNO. The molecule has 0 aliphatic heterocycles. The van der Waals surface area contributed by atoms with Crippen molar-refractivity contribution in [3.8, 4) is 17.0 Å². The summed E-state index contributed by atoms with van der Waals surface area (Å²) in [6.45, 7) is 2.32. The quantitative estimate of drug-likeness (QED) is 0.680. The zero-order valence-corrected chi connectivity index (χ0v) is 12.5. The second-order valence-electron chi connectivity index (χ2n) is 5.26. The van der Waals surface area contributed by atoms with Crippen molar-refractivity contribution in [1.29, 1.82) is 0 Å². The van der Waals surface area contributed by atoms with Crippen molar-refractivity contribution in [2.24, 2.45) is 0 Å². The minimum Gasteiger partial charge on any atom is -0.507 e. The largest absolute Gasteiger partial charge is 0.507 e. The van der Waals surface area contributed by atoms with Gasteiger partial charge in [-0.15, -0.1) is 0 Å². The molecule has 2 N–H and O–H groups in total. The zero-order valence-electron chi connectivity index (χ0n) is 11.7. The highest BCUT2D eigenvalue weighted by Gasteiger charge is 2.17. The van der Waals surface area contributed by atoms with E-state index in [0.29, 0.717) is 21.7 Å². The first kappa shape index (κ1) is 14.0. The molecule has 106 valence electrons. The number of phenolic OH excluding ortho intramolecular Hbond substituents is 1. The third kappa shape index (κ3) is 2.40. The molecular weight excluding hydrogens is 287 g/mol. The number of hydrogen-bond acceptors (Lipinski definition) is 1. The Kier molecular flexibility index (Phi) is 3.42. The zero-order chi connectivity index (χ0) is 15.1. The lowest BCUT2D eigenvalue weighted by molar-refractivity contribution is 0.477. The molecule has 0 amide bonds. The first-order chi connectivity index (χ1) is 9.97. The summed E-state index contributed by atoms with van der Waals surface area (Å²) in [4.78, 5) is 3.21. The molecule has 3 aromatic rings. The van der Waals surface area contributed by atoms with Gasteiger partial charge >= 0.3 is 6.99 Å². The fourth-order valence-corrected chi connectivity index (χ4v) is 2.77. The Bertz CT molecular complexity index is 829. The minimum atomic E-state index is -1.12. The van der Waals surface area contributed by atoms with Gasteiger partial charge in [0.05, 0.1) is 10.7 Å². The fraction of sp³-hybridized carbons (Fsp3) is 0.125. The molecule has 1 aromatic heterocycles. The second kappa shape index (κ2) is 5.12. The number of H-pyrrole nitrogens is 1. The summed E-state index contributed by atoms with van der Waals surface area (Å²) in [6.07, 6.45) is 0. The topological polar surface area (TPSA) is 36.0 Å². The van der Waals surface area contributed by atoms with E-state index >= 15 is 0 Å². The Morgan fingerprint density at radius 1 is 1.19 bits per heavy atom. The number of aryl methyl sites for hydroxylation is 1. The van der Waals surface area contributed by atoms with Crippen LogP contribution in [0.4, 0.5) is 4.32 Å². The Morgan fingerprint density at radius 3 is 2.62 bits per heavy atom.